The number of hydrogen-bond donors (Lipinski definition) is 2. The van der Waals surface area contributed by atoms with Crippen molar-refractivity contribution in [3.05, 3.63) is 0 Å². The summed E-state index contributed by atoms with van der Waals surface area (Å²) in [5.41, 5.74) is 0.403. The number of carboxylic acid groups (broad SMARTS) is 1. The molecule has 0 saturated heterocycles. The number of carbonyl (C=O) groups is 1. The SMILES string of the molecule is CC12CC34CCC5C(CO)(C(=O)O)CCCC5(C)C3CC1C2C4. The Morgan fingerprint density at radius 1 is 1.09 bits per heavy atom. The van der Waals surface area contributed by atoms with E-state index in [0.717, 1.165) is 24.7 Å². The van der Waals surface area contributed by atoms with Gasteiger partial charge in [-0.15, -0.1) is 0 Å². The van der Waals surface area contributed by atoms with Crippen molar-refractivity contribution in [2.45, 2.75) is 65.2 Å². The molecule has 0 aromatic carbocycles. The molecule has 0 amide bonds. The van der Waals surface area contributed by atoms with E-state index in [1.165, 1.54) is 32.1 Å². The molecule has 0 heterocycles. The molecule has 23 heavy (non-hydrogen) atoms. The highest BCUT2D eigenvalue weighted by molar-refractivity contribution is 5.75. The van der Waals surface area contributed by atoms with Gasteiger partial charge in [-0.3, -0.25) is 4.79 Å². The Hall–Kier alpha value is -0.570. The summed E-state index contributed by atoms with van der Waals surface area (Å²) in [5, 5.41) is 20.0. The normalized spacial score (nSPS) is 62.4. The standard InChI is InChI=1S/C20H30O3/c1-17-5-3-6-20(11-21,16(22)23)14(17)4-7-19-9-13-12(8-15(17)19)18(13,2)10-19/h12-15,21H,3-11H2,1-2H3,(H,22,23). The van der Waals surface area contributed by atoms with E-state index >= 15 is 0 Å². The molecule has 6 saturated carbocycles. The lowest BCUT2D eigenvalue weighted by molar-refractivity contribution is -0.196. The van der Waals surface area contributed by atoms with Crippen molar-refractivity contribution in [1.82, 2.24) is 0 Å². The van der Waals surface area contributed by atoms with Crippen LogP contribution in [-0.4, -0.2) is 22.8 Å². The summed E-state index contributed by atoms with van der Waals surface area (Å²) in [6.07, 6.45) is 9.21. The fourth-order valence-electron chi connectivity index (χ4n) is 8.94. The van der Waals surface area contributed by atoms with E-state index in [2.05, 4.69) is 13.8 Å². The molecule has 0 radical (unpaired) electrons. The molecule has 0 aliphatic heterocycles. The van der Waals surface area contributed by atoms with Crippen molar-refractivity contribution in [1.29, 1.82) is 0 Å². The molecule has 3 nitrogen and oxygen atoms in total. The van der Waals surface area contributed by atoms with E-state index in [-0.39, 0.29) is 17.9 Å². The van der Waals surface area contributed by atoms with Gasteiger partial charge >= 0.3 is 5.97 Å². The van der Waals surface area contributed by atoms with E-state index in [0.29, 0.717) is 23.2 Å². The van der Waals surface area contributed by atoms with E-state index < -0.39 is 11.4 Å². The zero-order chi connectivity index (χ0) is 16.3. The van der Waals surface area contributed by atoms with Crippen LogP contribution in [0.25, 0.3) is 0 Å². The fourth-order valence-corrected chi connectivity index (χ4v) is 8.94. The minimum atomic E-state index is -0.873. The van der Waals surface area contributed by atoms with Gasteiger partial charge in [-0.1, -0.05) is 20.3 Å². The first kappa shape index (κ1) is 14.7. The van der Waals surface area contributed by atoms with Gasteiger partial charge in [0.2, 0.25) is 0 Å². The van der Waals surface area contributed by atoms with Gasteiger partial charge in [0.05, 0.1) is 12.0 Å². The third-order valence-electron chi connectivity index (χ3n) is 9.90. The number of aliphatic hydroxyl groups excluding tert-OH is 1. The van der Waals surface area contributed by atoms with Gasteiger partial charge in [-0.25, -0.2) is 0 Å². The highest BCUT2D eigenvalue weighted by Crippen LogP contribution is 2.85. The van der Waals surface area contributed by atoms with Gasteiger partial charge in [0.15, 0.2) is 0 Å². The second-order valence-electron chi connectivity index (χ2n) is 10.3. The van der Waals surface area contributed by atoms with Crippen molar-refractivity contribution < 1.29 is 15.0 Å². The molecule has 128 valence electrons. The molecule has 6 fully saturated rings. The summed E-state index contributed by atoms with van der Waals surface area (Å²) < 4.78 is 0. The summed E-state index contributed by atoms with van der Waals surface area (Å²) in [6, 6.07) is 0. The minimum absolute atomic E-state index is 0.131. The van der Waals surface area contributed by atoms with Gasteiger partial charge in [0.1, 0.15) is 0 Å². The van der Waals surface area contributed by atoms with Crippen LogP contribution in [0.15, 0.2) is 0 Å². The molecule has 3 heteroatoms. The van der Waals surface area contributed by atoms with Gasteiger partial charge in [0, 0.05) is 0 Å². The molecule has 6 aliphatic carbocycles. The molecule has 8 unspecified atom stereocenters. The summed E-state index contributed by atoms with van der Waals surface area (Å²) in [7, 11) is 0. The molecule has 4 bridgehead atoms. The summed E-state index contributed by atoms with van der Waals surface area (Å²) in [5.74, 6) is 2.02. The number of aliphatic carboxylic acids is 1. The van der Waals surface area contributed by atoms with Crippen LogP contribution in [-0.2, 0) is 4.79 Å². The Morgan fingerprint density at radius 2 is 1.87 bits per heavy atom. The average molecular weight is 318 g/mol. The Morgan fingerprint density at radius 3 is 2.48 bits per heavy atom. The van der Waals surface area contributed by atoms with Gasteiger partial charge in [-0.05, 0) is 84.9 Å². The van der Waals surface area contributed by atoms with Crippen LogP contribution in [0.1, 0.15) is 65.2 Å². The van der Waals surface area contributed by atoms with Crippen molar-refractivity contribution in [3.63, 3.8) is 0 Å². The van der Waals surface area contributed by atoms with Gasteiger partial charge in [0.25, 0.3) is 0 Å². The molecule has 1 spiro atoms. The van der Waals surface area contributed by atoms with Crippen LogP contribution in [0.4, 0.5) is 0 Å². The van der Waals surface area contributed by atoms with Crippen molar-refractivity contribution in [2.24, 2.45) is 45.3 Å². The Labute approximate surface area is 138 Å². The van der Waals surface area contributed by atoms with Gasteiger partial charge in [-0.2, -0.15) is 0 Å². The predicted molar refractivity (Wildman–Crippen MR) is 86.7 cm³/mol. The maximum Gasteiger partial charge on any atom is 0.312 e. The Balaban J connectivity index is 1.56. The number of hydrogen-bond acceptors (Lipinski definition) is 2. The number of rotatable bonds is 2. The van der Waals surface area contributed by atoms with E-state index in [1.54, 1.807) is 0 Å². The number of aliphatic hydroxyl groups is 1. The fraction of sp³-hybridized carbons (Fsp3) is 0.950. The van der Waals surface area contributed by atoms with Crippen molar-refractivity contribution in [3.8, 4) is 0 Å². The molecule has 8 atom stereocenters. The quantitative estimate of drug-likeness (QED) is 0.816. The van der Waals surface area contributed by atoms with Crippen molar-refractivity contribution in [2.75, 3.05) is 6.61 Å². The summed E-state index contributed by atoms with van der Waals surface area (Å²) >= 11 is 0. The van der Waals surface area contributed by atoms with Crippen LogP contribution in [0.3, 0.4) is 0 Å². The summed E-state index contributed by atoms with van der Waals surface area (Å²) in [4.78, 5) is 12.1. The average Bonchev–Trinajstić information content (AvgIpc) is 2.96. The smallest absolute Gasteiger partial charge is 0.312 e. The molecule has 6 rings (SSSR count). The first-order chi connectivity index (χ1) is 10.8. The molecule has 0 aromatic rings. The second kappa shape index (κ2) is 3.98. The van der Waals surface area contributed by atoms with Crippen LogP contribution < -0.4 is 0 Å². The summed E-state index contributed by atoms with van der Waals surface area (Å²) in [6.45, 7) is 4.73. The highest BCUT2D eigenvalue weighted by Gasteiger charge is 2.78. The first-order valence-electron chi connectivity index (χ1n) is 9.67. The Bertz CT molecular complexity index is 587. The lowest BCUT2D eigenvalue weighted by Gasteiger charge is -2.65. The maximum absolute atomic E-state index is 12.1. The van der Waals surface area contributed by atoms with Crippen molar-refractivity contribution >= 4 is 5.97 Å². The predicted octanol–water partition coefficient (Wildman–Crippen LogP) is 3.70. The highest BCUT2D eigenvalue weighted by atomic mass is 16.4. The van der Waals surface area contributed by atoms with Crippen LogP contribution in [0.5, 0.6) is 0 Å². The maximum atomic E-state index is 12.1. The lowest BCUT2D eigenvalue weighted by atomic mass is 9.39. The third kappa shape index (κ3) is 1.42. The zero-order valence-electron chi connectivity index (χ0n) is 14.5. The van der Waals surface area contributed by atoms with Gasteiger partial charge < -0.3 is 10.2 Å². The number of carboxylic acids is 1. The molecular formula is C20H30O3. The topological polar surface area (TPSA) is 57.5 Å². The minimum Gasteiger partial charge on any atom is -0.481 e. The monoisotopic (exact) mass is 318 g/mol. The third-order valence-corrected chi connectivity index (χ3v) is 9.90. The van der Waals surface area contributed by atoms with E-state index in [9.17, 15) is 15.0 Å². The second-order valence-corrected chi connectivity index (χ2v) is 10.3. The van der Waals surface area contributed by atoms with E-state index in [4.69, 9.17) is 0 Å². The number of fused-ring (bicyclic) bond motifs is 1. The Kier molecular flexibility index (Phi) is 2.55. The van der Waals surface area contributed by atoms with Crippen LogP contribution >= 0.6 is 0 Å². The molecule has 0 aromatic heterocycles. The van der Waals surface area contributed by atoms with Crippen LogP contribution in [0.2, 0.25) is 0 Å². The van der Waals surface area contributed by atoms with Crippen LogP contribution in [0, 0.1) is 45.3 Å². The molecular weight excluding hydrogens is 288 g/mol. The lowest BCUT2D eigenvalue weighted by Crippen LogP contribution is -2.61. The molecule has 2 N–H and O–H groups in total. The largest absolute Gasteiger partial charge is 0.481 e. The van der Waals surface area contributed by atoms with E-state index in [1.807, 2.05) is 0 Å². The molecule has 6 aliphatic rings. The zero-order valence-corrected chi connectivity index (χ0v) is 14.5. The first-order valence-corrected chi connectivity index (χ1v) is 9.67.